The summed E-state index contributed by atoms with van der Waals surface area (Å²) in [6.07, 6.45) is 4.77. The van der Waals surface area contributed by atoms with Crippen LogP contribution >= 0.6 is 0 Å². The predicted octanol–water partition coefficient (Wildman–Crippen LogP) is 3.70. The highest BCUT2D eigenvalue weighted by atomic mass is 16.2. The molecule has 3 nitrogen and oxygen atoms in total. The molecule has 3 heteroatoms. The Hall–Kier alpha value is -3.46. The SMILES string of the molecule is O=C1NC(=O)c2ccc3c4c2C1=CCC=c4c1cccc2cccc3c21. The number of hydrogen-bond donors (Lipinski definition) is 1. The van der Waals surface area contributed by atoms with E-state index in [-0.39, 0.29) is 11.8 Å². The molecule has 0 unspecified atom stereocenters. The van der Waals surface area contributed by atoms with E-state index in [9.17, 15) is 9.59 Å². The first-order valence-electron chi connectivity index (χ1n) is 8.70. The van der Waals surface area contributed by atoms with Gasteiger partial charge in [-0.25, -0.2) is 0 Å². The fraction of sp³-hybridized carbons (Fsp3) is 0.0435. The van der Waals surface area contributed by atoms with E-state index in [2.05, 4.69) is 47.8 Å². The molecule has 0 fully saturated rings. The Morgan fingerprint density at radius 3 is 2.35 bits per heavy atom. The second-order valence-corrected chi connectivity index (χ2v) is 6.87. The van der Waals surface area contributed by atoms with Crippen molar-refractivity contribution in [3.05, 3.63) is 71.0 Å². The summed E-state index contributed by atoms with van der Waals surface area (Å²) in [4.78, 5) is 24.9. The third-order valence-electron chi connectivity index (χ3n) is 5.59. The molecule has 2 aliphatic rings. The van der Waals surface area contributed by atoms with E-state index in [1.165, 1.54) is 16.2 Å². The fourth-order valence-electron chi connectivity index (χ4n) is 4.55. The summed E-state index contributed by atoms with van der Waals surface area (Å²) in [5.41, 5.74) is 1.97. The Balaban J connectivity index is 2.00. The van der Waals surface area contributed by atoms with Crippen LogP contribution in [-0.4, -0.2) is 11.8 Å². The molecule has 122 valence electrons. The lowest BCUT2D eigenvalue weighted by Gasteiger charge is -2.21. The van der Waals surface area contributed by atoms with Crippen LogP contribution in [0.15, 0.2) is 54.6 Å². The number of carbonyl (C=O) groups is 2. The summed E-state index contributed by atoms with van der Waals surface area (Å²) in [6.45, 7) is 0. The minimum absolute atomic E-state index is 0.303. The molecular formula is C23H13NO2. The minimum Gasteiger partial charge on any atom is -0.288 e. The summed E-state index contributed by atoms with van der Waals surface area (Å²) in [7, 11) is 0. The van der Waals surface area contributed by atoms with Gasteiger partial charge in [0.05, 0.1) is 0 Å². The summed E-state index contributed by atoms with van der Waals surface area (Å²) >= 11 is 0. The quantitative estimate of drug-likeness (QED) is 0.302. The maximum atomic E-state index is 12.5. The van der Waals surface area contributed by atoms with Gasteiger partial charge in [0.2, 0.25) is 0 Å². The lowest BCUT2D eigenvalue weighted by Crippen LogP contribution is -2.36. The van der Waals surface area contributed by atoms with Crippen molar-refractivity contribution < 1.29 is 9.59 Å². The molecule has 0 saturated carbocycles. The first kappa shape index (κ1) is 13.8. The maximum absolute atomic E-state index is 12.5. The number of allylic oxidation sites excluding steroid dienone is 1. The van der Waals surface area contributed by atoms with Gasteiger partial charge in [-0.1, -0.05) is 54.6 Å². The molecule has 1 aliphatic heterocycles. The molecular weight excluding hydrogens is 322 g/mol. The highest BCUT2D eigenvalue weighted by Crippen LogP contribution is 2.37. The molecule has 0 bridgehead atoms. The molecule has 0 radical (unpaired) electrons. The van der Waals surface area contributed by atoms with Gasteiger partial charge in [-0.3, -0.25) is 14.9 Å². The van der Waals surface area contributed by atoms with Gasteiger partial charge in [0, 0.05) is 16.7 Å². The van der Waals surface area contributed by atoms with E-state index in [0.29, 0.717) is 17.6 Å². The van der Waals surface area contributed by atoms with Crippen LogP contribution in [0.2, 0.25) is 0 Å². The van der Waals surface area contributed by atoms with Crippen molar-refractivity contribution in [1.82, 2.24) is 5.32 Å². The number of fused-ring (bicyclic) bond motifs is 2. The van der Waals surface area contributed by atoms with Gasteiger partial charge >= 0.3 is 0 Å². The Labute approximate surface area is 148 Å². The van der Waals surface area contributed by atoms with Gasteiger partial charge in [-0.2, -0.15) is 0 Å². The van der Waals surface area contributed by atoms with Gasteiger partial charge in [0.15, 0.2) is 0 Å². The summed E-state index contributed by atoms with van der Waals surface area (Å²) in [6, 6.07) is 16.5. The lowest BCUT2D eigenvalue weighted by molar-refractivity contribution is -0.114. The molecule has 26 heavy (non-hydrogen) atoms. The summed E-state index contributed by atoms with van der Waals surface area (Å²) < 4.78 is 0. The van der Waals surface area contributed by atoms with Crippen molar-refractivity contribution in [2.75, 3.05) is 0 Å². The number of nitrogens with one attached hydrogen (secondary N) is 1. The van der Waals surface area contributed by atoms with Crippen molar-refractivity contribution in [2.45, 2.75) is 6.42 Å². The van der Waals surface area contributed by atoms with Crippen LogP contribution in [0, 0.1) is 0 Å². The molecule has 4 aromatic rings. The van der Waals surface area contributed by atoms with E-state index < -0.39 is 0 Å². The molecule has 0 aromatic heterocycles. The molecule has 1 heterocycles. The van der Waals surface area contributed by atoms with Crippen LogP contribution in [-0.2, 0) is 4.79 Å². The monoisotopic (exact) mass is 335 g/mol. The largest absolute Gasteiger partial charge is 0.288 e. The lowest BCUT2D eigenvalue weighted by atomic mass is 9.85. The van der Waals surface area contributed by atoms with Crippen LogP contribution < -0.4 is 10.5 Å². The van der Waals surface area contributed by atoms with Crippen molar-refractivity contribution in [1.29, 1.82) is 0 Å². The van der Waals surface area contributed by atoms with Gasteiger partial charge in [-0.15, -0.1) is 0 Å². The number of carbonyl (C=O) groups excluding carboxylic acids is 2. The van der Waals surface area contributed by atoms with Crippen LogP contribution in [0.5, 0.6) is 0 Å². The minimum atomic E-state index is -0.316. The van der Waals surface area contributed by atoms with E-state index in [0.717, 1.165) is 26.9 Å². The number of rotatable bonds is 0. The highest BCUT2D eigenvalue weighted by molar-refractivity contribution is 6.35. The predicted molar refractivity (Wildman–Crippen MR) is 104 cm³/mol. The van der Waals surface area contributed by atoms with Crippen LogP contribution in [0.4, 0.5) is 0 Å². The summed E-state index contributed by atoms with van der Waals surface area (Å²) in [5.74, 6) is -0.620. The van der Waals surface area contributed by atoms with E-state index >= 15 is 0 Å². The first-order chi connectivity index (χ1) is 12.7. The Morgan fingerprint density at radius 2 is 1.50 bits per heavy atom. The van der Waals surface area contributed by atoms with Crippen molar-refractivity contribution in [3.63, 3.8) is 0 Å². The smallest absolute Gasteiger partial charge is 0.258 e. The topological polar surface area (TPSA) is 46.2 Å². The van der Waals surface area contributed by atoms with Gasteiger partial charge in [0.1, 0.15) is 0 Å². The maximum Gasteiger partial charge on any atom is 0.258 e. The molecule has 0 spiro atoms. The second kappa shape index (κ2) is 4.58. The zero-order valence-electron chi connectivity index (χ0n) is 13.8. The van der Waals surface area contributed by atoms with Crippen molar-refractivity contribution in [3.8, 4) is 0 Å². The van der Waals surface area contributed by atoms with Crippen molar-refractivity contribution in [2.24, 2.45) is 0 Å². The Kier molecular flexibility index (Phi) is 2.43. The molecule has 6 rings (SSSR count). The number of hydrogen-bond acceptors (Lipinski definition) is 2. The normalized spacial score (nSPS) is 15.8. The zero-order valence-corrected chi connectivity index (χ0v) is 13.8. The van der Waals surface area contributed by atoms with Crippen LogP contribution in [0.3, 0.4) is 0 Å². The van der Waals surface area contributed by atoms with Gasteiger partial charge < -0.3 is 0 Å². The number of benzene rings is 4. The highest BCUT2D eigenvalue weighted by Gasteiger charge is 2.30. The number of amides is 2. The molecule has 1 N–H and O–H groups in total. The van der Waals surface area contributed by atoms with Crippen LogP contribution in [0.1, 0.15) is 22.3 Å². The molecule has 2 amide bonds. The third-order valence-corrected chi connectivity index (χ3v) is 5.59. The average Bonchev–Trinajstić information content (AvgIpc) is 2.86. The molecule has 0 atom stereocenters. The fourth-order valence-corrected chi connectivity index (χ4v) is 4.55. The standard InChI is InChI=1S/C23H13NO2/c25-22-17-9-3-8-15-13-6-1-4-12-5-2-7-14(19(12)13)16-10-11-18(23(26)24-22)21(17)20(15)16/h1-2,4-11H,3H2,(H,24,25,26). The molecule has 1 aliphatic carbocycles. The van der Waals surface area contributed by atoms with Gasteiger partial charge in [0.25, 0.3) is 11.8 Å². The second-order valence-electron chi connectivity index (χ2n) is 6.87. The van der Waals surface area contributed by atoms with E-state index in [1.54, 1.807) is 0 Å². The molecule has 0 saturated heterocycles. The first-order valence-corrected chi connectivity index (χ1v) is 8.70. The zero-order chi connectivity index (χ0) is 17.4. The summed E-state index contributed by atoms with van der Waals surface area (Å²) in [5, 5.41) is 10.5. The Bertz CT molecular complexity index is 1400. The number of imide groups is 1. The molecule has 4 aromatic carbocycles. The van der Waals surface area contributed by atoms with Crippen LogP contribution in [0.25, 0.3) is 44.0 Å². The third kappa shape index (κ3) is 1.53. The van der Waals surface area contributed by atoms with Crippen molar-refractivity contribution >= 4 is 55.8 Å². The van der Waals surface area contributed by atoms with E-state index in [1.807, 2.05) is 18.2 Å². The Morgan fingerprint density at radius 1 is 0.731 bits per heavy atom. The van der Waals surface area contributed by atoms with E-state index in [4.69, 9.17) is 0 Å². The average molecular weight is 335 g/mol. The van der Waals surface area contributed by atoms with Gasteiger partial charge in [-0.05, 0) is 50.0 Å².